The quantitative estimate of drug-likeness (QED) is 0.321. The second-order valence-electron chi connectivity index (χ2n) is 10.5. The van der Waals surface area contributed by atoms with Crippen LogP contribution in [0.2, 0.25) is 0 Å². The number of aryl methyl sites for hydroxylation is 2. The molecule has 0 saturated heterocycles. The molecule has 1 saturated carbocycles. The second-order valence-corrected chi connectivity index (χ2v) is 12.2. The van der Waals surface area contributed by atoms with Gasteiger partial charge in [0.15, 0.2) is 0 Å². The molecule has 1 amide bonds. The van der Waals surface area contributed by atoms with Gasteiger partial charge in [0.05, 0.1) is 11.4 Å². The zero-order valence-corrected chi connectivity index (χ0v) is 22.8. The lowest BCUT2D eigenvalue weighted by Gasteiger charge is -2.25. The number of hydrogen-bond acceptors (Lipinski definition) is 5. The molecule has 7 nitrogen and oxygen atoms in total. The maximum absolute atomic E-state index is 13.9. The molecule has 1 aromatic heterocycles. The van der Waals surface area contributed by atoms with Gasteiger partial charge in [0.2, 0.25) is 15.9 Å². The molecule has 1 N–H and O–H groups in total. The van der Waals surface area contributed by atoms with Crippen molar-refractivity contribution in [2.75, 3.05) is 4.90 Å². The Kier molecular flexibility index (Phi) is 6.93. The lowest BCUT2D eigenvalue weighted by molar-refractivity contribution is -0.120. The number of amides is 1. The Labute approximate surface area is 233 Å². The number of halogens is 1. The van der Waals surface area contributed by atoms with Crippen LogP contribution in [0.15, 0.2) is 90.1 Å². The monoisotopic (exact) mass is 556 g/mol. The second kappa shape index (κ2) is 10.6. The molecule has 0 spiro atoms. The lowest BCUT2D eigenvalue weighted by atomic mass is 10.1. The number of aromatic nitrogens is 2. The zero-order valence-electron chi connectivity index (χ0n) is 22.0. The normalized spacial score (nSPS) is 19.7. The van der Waals surface area contributed by atoms with Crippen molar-refractivity contribution in [2.45, 2.75) is 49.6 Å². The summed E-state index contributed by atoms with van der Waals surface area (Å²) in [5.41, 5.74) is 4.55. The van der Waals surface area contributed by atoms with E-state index >= 15 is 0 Å². The fourth-order valence-corrected chi connectivity index (χ4v) is 6.72. The summed E-state index contributed by atoms with van der Waals surface area (Å²) in [7, 11) is -3.86. The van der Waals surface area contributed by atoms with E-state index in [1.165, 1.54) is 12.1 Å². The number of fused-ring (bicyclic) bond motifs is 1. The highest BCUT2D eigenvalue weighted by molar-refractivity contribution is 7.89. The minimum atomic E-state index is -3.86. The van der Waals surface area contributed by atoms with Crippen molar-refractivity contribution in [3.8, 4) is 0 Å². The average molecular weight is 557 g/mol. The molecule has 0 unspecified atom stereocenters. The highest BCUT2D eigenvalue weighted by Gasteiger charge is 2.46. The Balaban J connectivity index is 1.29. The van der Waals surface area contributed by atoms with Crippen LogP contribution in [-0.2, 0) is 27.8 Å². The van der Waals surface area contributed by atoms with Gasteiger partial charge in [-0.25, -0.2) is 27.5 Å². The standard InChI is InChI=1S/C31H29FN4O3S/c1-20-33-17-21(18-34-20)19-36(31(37)29-16-27(29)22-5-3-2-4-6-22)25-11-7-23-8-14-30(28(23)15-25)35-40(38,39)26-12-9-24(32)10-13-26/h2-7,9-13,15,17-18,27,29-30,35H,8,14,16,19H2,1H3/t27-,29+,30+/m0/s1. The van der Waals surface area contributed by atoms with Crippen molar-refractivity contribution in [3.05, 3.63) is 119 Å². The fraction of sp³-hybridized carbons (Fsp3) is 0.258. The van der Waals surface area contributed by atoms with E-state index in [9.17, 15) is 17.6 Å². The van der Waals surface area contributed by atoms with Crippen LogP contribution in [0.4, 0.5) is 10.1 Å². The van der Waals surface area contributed by atoms with Gasteiger partial charge in [-0.15, -0.1) is 0 Å². The van der Waals surface area contributed by atoms with Crippen LogP contribution in [0.25, 0.3) is 0 Å². The Bertz CT molecular complexity index is 1640. The predicted octanol–water partition coefficient (Wildman–Crippen LogP) is 5.23. The average Bonchev–Trinajstić information content (AvgIpc) is 3.68. The van der Waals surface area contributed by atoms with Crippen LogP contribution in [0.5, 0.6) is 0 Å². The topological polar surface area (TPSA) is 92.3 Å². The number of nitrogens with zero attached hydrogens (tertiary/aromatic N) is 3. The van der Waals surface area contributed by atoms with Gasteiger partial charge in [0, 0.05) is 35.6 Å². The predicted molar refractivity (Wildman–Crippen MR) is 149 cm³/mol. The summed E-state index contributed by atoms with van der Waals surface area (Å²) in [5.74, 6) is 0.228. The Morgan fingerprint density at radius 3 is 2.48 bits per heavy atom. The molecule has 1 fully saturated rings. The number of nitrogens with one attached hydrogen (secondary N) is 1. The number of hydrogen-bond donors (Lipinski definition) is 1. The summed E-state index contributed by atoms with van der Waals surface area (Å²) in [6.45, 7) is 2.12. The van der Waals surface area contributed by atoms with Crippen molar-refractivity contribution in [3.63, 3.8) is 0 Å². The van der Waals surface area contributed by atoms with Crippen molar-refractivity contribution in [1.82, 2.24) is 14.7 Å². The summed E-state index contributed by atoms with van der Waals surface area (Å²) in [6.07, 6.45) is 5.56. The zero-order chi connectivity index (χ0) is 27.9. The molecule has 0 radical (unpaired) electrons. The van der Waals surface area contributed by atoms with Crippen LogP contribution >= 0.6 is 0 Å². The summed E-state index contributed by atoms with van der Waals surface area (Å²) in [6, 6.07) is 20.2. The molecule has 0 aliphatic heterocycles. The van der Waals surface area contributed by atoms with E-state index in [1.54, 1.807) is 17.3 Å². The Morgan fingerprint density at radius 1 is 1.02 bits per heavy atom. The first-order valence-electron chi connectivity index (χ1n) is 13.3. The van der Waals surface area contributed by atoms with Gasteiger partial charge in [-0.05, 0) is 85.2 Å². The number of anilines is 1. The number of rotatable bonds is 8. The maximum atomic E-state index is 13.9. The van der Waals surface area contributed by atoms with Gasteiger partial charge in [0.25, 0.3) is 0 Å². The largest absolute Gasteiger partial charge is 0.308 e. The number of carbonyl (C=O) groups is 1. The smallest absolute Gasteiger partial charge is 0.241 e. The molecule has 9 heteroatoms. The van der Waals surface area contributed by atoms with Gasteiger partial charge in [0.1, 0.15) is 11.6 Å². The summed E-state index contributed by atoms with van der Waals surface area (Å²) in [4.78, 5) is 24.3. The van der Waals surface area contributed by atoms with Crippen molar-refractivity contribution >= 4 is 21.6 Å². The number of carbonyl (C=O) groups excluding carboxylic acids is 1. The molecule has 6 rings (SSSR count). The van der Waals surface area contributed by atoms with Crippen LogP contribution in [0, 0.1) is 18.7 Å². The van der Waals surface area contributed by atoms with Crippen molar-refractivity contribution in [1.29, 1.82) is 0 Å². The van der Waals surface area contributed by atoms with E-state index in [2.05, 4.69) is 26.8 Å². The number of benzene rings is 3. The summed E-state index contributed by atoms with van der Waals surface area (Å²) in [5, 5.41) is 0. The molecule has 2 aliphatic rings. The minimum absolute atomic E-state index is 0.00960. The third kappa shape index (κ3) is 5.39. The fourth-order valence-electron chi connectivity index (χ4n) is 5.47. The van der Waals surface area contributed by atoms with Gasteiger partial charge < -0.3 is 4.90 Å². The van der Waals surface area contributed by atoms with E-state index in [0.29, 0.717) is 30.9 Å². The third-order valence-corrected chi connectivity index (χ3v) is 9.20. The molecule has 1 heterocycles. The van der Waals surface area contributed by atoms with E-state index < -0.39 is 21.9 Å². The Morgan fingerprint density at radius 2 is 1.75 bits per heavy atom. The first kappa shape index (κ1) is 26.3. The van der Waals surface area contributed by atoms with Gasteiger partial charge >= 0.3 is 0 Å². The molecule has 0 bridgehead atoms. The summed E-state index contributed by atoms with van der Waals surface area (Å²) >= 11 is 0. The maximum Gasteiger partial charge on any atom is 0.241 e. The first-order chi connectivity index (χ1) is 19.3. The number of sulfonamides is 1. The van der Waals surface area contributed by atoms with Crippen LogP contribution in [-0.4, -0.2) is 24.3 Å². The lowest BCUT2D eigenvalue weighted by Crippen LogP contribution is -2.32. The van der Waals surface area contributed by atoms with E-state index in [4.69, 9.17) is 0 Å². The molecule has 40 heavy (non-hydrogen) atoms. The van der Waals surface area contributed by atoms with Gasteiger partial charge in [-0.3, -0.25) is 4.79 Å². The van der Waals surface area contributed by atoms with Crippen LogP contribution in [0.3, 0.4) is 0 Å². The minimum Gasteiger partial charge on any atom is -0.308 e. The van der Waals surface area contributed by atoms with E-state index in [0.717, 1.165) is 40.8 Å². The van der Waals surface area contributed by atoms with Gasteiger partial charge in [-0.1, -0.05) is 36.4 Å². The van der Waals surface area contributed by atoms with Crippen molar-refractivity contribution < 1.29 is 17.6 Å². The molecule has 3 aromatic carbocycles. The third-order valence-electron chi connectivity index (χ3n) is 7.72. The van der Waals surface area contributed by atoms with Crippen LogP contribution < -0.4 is 9.62 Å². The summed E-state index contributed by atoms with van der Waals surface area (Å²) < 4.78 is 42.3. The molecular formula is C31H29FN4O3S. The molecular weight excluding hydrogens is 527 g/mol. The molecule has 3 atom stereocenters. The molecule has 204 valence electrons. The highest BCUT2D eigenvalue weighted by Crippen LogP contribution is 2.49. The van der Waals surface area contributed by atoms with Gasteiger partial charge in [-0.2, -0.15) is 0 Å². The molecule has 2 aliphatic carbocycles. The first-order valence-corrected chi connectivity index (χ1v) is 14.8. The SMILES string of the molecule is Cc1ncc(CN(C(=O)[C@@H]2C[C@H]2c2ccccc2)c2ccc3c(c2)[C@H](NS(=O)(=O)c2ccc(F)cc2)CC3)cn1. The van der Waals surface area contributed by atoms with E-state index in [1.807, 2.05) is 43.3 Å². The Hall–Kier alpha value is -3.95. The highest BCUT2D eigenvalue weighted by atomic mass is 32.2. The van der Waals surface area contributed by atoms with Crippen molar-refractivity contribution in [2.24, 2.45) is 5.92 Å². The van der Waals surface area contributed by atoms with E-state index in [-0.39, 0.29) is 22.6 Å². The van der Waals surface area contributed by atoms with Crippen LogP contribution in [0.1, 0.15) is 52.9 Å². The molecule has 4 aromatic rings.